The summed E-state index contributed by atoms with van der Waals surface area (Å²) >= 11 is 0. The predicted molar refractivity (Wildman–Crippen MR) is 97.8 cm³/mol. The zero-order valence-corrected chi connectivity index (χ0v) is 17.3. The molecule has 0 saturated heterocycles. The van der Waals surface area contributed by atoms with Gasteiger partial charge in [-0.2, -0.15) is 0 Å². The fraction of sp³-hybridized carbons (Fsp3) is 0.765. The molecule has 0 spiro atoms. The van der Waals surface area contributed by atoms with Crippen LogP contribution in [0.1, 0.15) is 53.7 Å². The first-order valence-electron chi connectivity index (χ1n) is 8.40. The first-order valence-corrected chi connectivity index (χ1v) is 11.3. The monoisotopic (exact) mass is 356 g/mol. The van der Waals surface area contributed by atoms with Gasteiger partial charge in [0.25, 0.3) is 0 Å². The minimum Gasteiger partial charge on any atom is -0.444 e. The van der Waals surface area contributed by atoms with Gasteiger partial charge in [0.2, 0.25) is 0 Å². The van der Waals surface area contributed by atoms with E-state index in [0.29, 0.717) is 12.4 Å². The van der Waals surface area contributed by atoms with Crippen molar-refractivity contribution in [3.05, 3.63) is 11.8 Å². The Labute approximate surface area is 146 Å². The van der Waals surface area contributed by atoms with E-state index in [1.165, 1.54) is 0 Å². The van der Waals surface area contributed by atoms with Gasteiger partial charge in [-0.25, -0.2) is 4.79 Å². The lowest BCUT2D eigenvalue weighted by Gasteiger charge is -2.36. The lowest BCUT2D eigenvalue weighted by atomic mass is 10.2. The average Bonchev–Trinajstić information content (AvgIpc) is 2.78. The lowest BCUT2D eigenvalue weighted by Crippen LogP contribution is -2.41. The van der Waals surface area contributed by atoms with E-state index in [9.17, 15) is 4.79 Å². The summed E-state index contributed by atoms with van der Waals surface area (Å²) in [4.78, 5) is 11.7. The molecule has 0 unspecified atom stereocenters. The Bertz CT molecular complexity index is 542. The molecular weight excluding hydrogens is 324 g/mol. The van der Waals surface area contributed by atoms with Crippen molar-refractivity contribution in [2.24, 2.45) is 0 Å². The maximum Gasteiger partial charge on any atom is 0.413 e. The fourth-order valence-electron chi connectivity index (χ4n) is 1.69. The third kappa shape index (κ3) is 7.05. The van der Waals surface area contributed by atoms with E-state index in [2.05, 4.69) is 44.3 Å². The van der Waals surface area contributed by atoms with Crippen molar-refractivity contribution in [3.63, 3.8) is 0 Å². The van der Waals surface area contributed by atoms with E-state index in [1.54, 1.807) is 6.07 Å². The number of aromatic nitrogens is 1. The molecule has 6 nitrogen and oxygen atoms in total. The molecule has 0 aromatic carbocycles. The van der Waals surface area contributed by atoms with Crippen LogP contribution < -0.4 is 5.32 Å². The van der Waals surface area contributed by atoms with Gasteiger partial charge in [-0.15, -0.1) is 0 Å². The van der Waals surface area contributed by atoms with Crippen LogP contribution in [0.2, 0.25) is 18.1 Å². The third-order valence-corrected chi connectivity index (χ3v) is 8.56. The molecule has 1 aromatic rings. The number of nitrogens with one attached hydrogen (secondary N) is 1. The number of amides is 1. The largest absolute Gasteiger partial charge is 0.444 e. The molecule has 1 amide bonds. The smallest absolute Gasteiger partial charge is 0.413 e. The zero-order chi connectivity index (χ0) is 18.6. The molecule has 0 aliphatic rings. The molecule has 138 valence electrons. The topological polar surface area (TPSA) is 73.6 Å². The quantitative estimate of drug-likeness (QED) is 0.575. The van der Waals surface area contributed by atoms with Crippen molar-refractivity contribution in [1.82, 2.24) is 5.16 Å². The predicted octanol–water partition coefficient (Wildman–Crippen LogP) is 4.98. The Hall–Kier alpha value is -1.34. The second-order valence-corrected chi connectivity index (χ2v) is 13.3. The van der Waals surface area contributed by atoms with Crippen molar-refractivity contribution < 1.29 is 18.5 Å². The molecule has 1 heterocycles. The summed E-state index contributed by atoms with van der Waals surface area (Å²) in [6.07, 6.45) is 1.04. The summed E-state index contributed by atoms with van der Waals surface area (Å²) in [5.74, 6) is 1.09. The van der Waals surface area contributed by atoms with Crippen LogP contribution >= 0.6 is 0 Å². The molecule has 24 heavy (non-hydrogen) atoms. The summed E-state index contributed by atoms with van der Waals surface area (Å²) in [6.45, 7) is 17.3. The van der Waals surface area contributed by atoms with E-state index in [0.717, 1.165) is 18.6 Å². The number of ether oxygens (including phenoxy) is 1. The van der Waals surface area contributed by atoms with Crippen LogP contribution in [0, 0.1) is 0 Å². The minimum absolute atomic E-state index is 0.212. The summed E-state index contributed by atoms with van der Waals surface area (Å²) in [6, 6.07) is 1.72. The number of aryl methyl sites for hydroxylation is 1. The average molecular weight is 357 g/mol. The van der Waals surface area contributed by atoms with E-state index >= 15 is 0 Å². The maximum atomic E-state index is 11.7. The standard InChI is InChI=1S/C17H32N2O4Si/c1-16(2,3)22-15(20)18-14-12-13(23-19-14)10-9-11-21-24(7,8)17(4,5)6/h12H,9-11H2,1-8H3,(H,18,19,20). The Morgan fingerprint density at radius 3 is 2.42 bits per heavy atom. The van der Waals surface area contributed by atoms with Crippen LogP contribution in [0.5, 0.6) is 0 Å². The van der Waals surface area contributed by atoms with Gasteiger partial charge in [0.05, 0.1) is 0 Å². The SMILES string of the molecule is CC(C)(C)OC(=O)Nc1cc(CCCO[Si](C)(C)C(C)(C)C)on1. The number of carbonyl (C=O) groups is 1. The van der Waals surface area contributed by atoms with Gasteiger partial charge < -0.3 is 13.7 Å². The molecule has 1 aromatic heterocycles. The van der Waals surface area contributed by atoms with Crippen molar-refractivity contribution in [3.8, 4) is 0 Å². The Kier molecular flexibility index (Phi) is 6.64. The van der Waals surface area contributed by atoms with Crippen LogP contribution in [-0.4, -0.2) is 31.8 Å². The first-order chi connectivity index (χ1) is 10.8. The minimum atomic E-state index is -1.70. The summed E-state index contributed by atoms with van der Waals surface area (Å²) < 4.78 is 16.5. The highest BCUT2D eigenvalue weighted by atomic mass is 28.4. The Morgan fingerprint density at radius 2 is 1.88 bits per heavy atom. The van der Waals surface area contributed by atoms with E-state index in [-0.39, 0.29) is 5.04 Å². The normalized spacial score (nSPS) is 13.0. The second kappa shape index (κ2) is 7.69. The van der Waals surface area contributed by atoms with Crippen molar-refractivity contribution in [1.29, 1.82) is 0 Å². The fourth-order valence-corrected chi connectivity index (χ4v) is 2.78. The van der Waals surface area contributed by atoms with Gasteiger partial charge in [-0.1, -0.05) is 25.9 Å². The lowest BCUT2D eigenvalue weighted by molar-refractivity contribution is 0.0634. The van der Waals surface area contributed by atoms with E-state index in [4.69, 9.17) is 13.7 Å². The molecular formula is C17H32N2O4Si. The number of anilines is 1. The van der Waals surface area contributed by atoms with Crippen molar-refractivity contribution in [2.75, 3.05) is 11.9 Å². The molecule has 1 N–H and O–H groups in total. The van der Waals surface area contributed by atoms with Gasteiger partial charge >= 0.3 is 6.09 Å². The maximum absolute atomic E-state index is 11.7. The molecule has 7 heteroatoms. The third-order valence-electron chi connectivity index (χ3n) is 4.02. The molecule has 0 atom stereocenters. The number of rotatable bonds is 6. The zero-order valence-electron chi connectivity index (χ0n) is 16.3. The highest BCUT2D eigenvalue weighted by molar-refractivity contribution is 6.74. The summed E-state index contributed by atoms with van der Waals surface area (Å²) in [7, 11) is -1.70. The Morgan fingerprint density at radius 1 is 1.25 bits per heavy atom. The van der Waals surface area contributed by atoms with Gasteiger partial charge in [-0.3, -0.25) is 5.32 Å². The van der Waals surface area contributed by atoms with Gasteiger partial charge in [0, 0.05) is 19.1 Å². The number of hydrogen-bond acceptors (Lipinski definition) is 5. The van der Waals surface area contributed by atoms with Crippen LogP contribution in [0.15, 0.2) is 10.6 Å². The highest BCUT2D eigenvalue weighted by Crippen LogP contribution is 2.36. The molecule has 0 fully saturated rings. The van der Waals surface area contributed by atoms with Crippen LogP contribution in [0.4, 0.5) is 10.6 Å². The Balaban J connectivity index is 2.39. The van der Waals surface area contributed by atoms with E-state index in [1.807, 2.05) is 20.8 Å². The molecule has 0 radical (unpaired) electrons. The van der Waals surface area contributed by atoms with Crippen LogP contribution in [0.25, 0.3) is 0 Å². The summed E-state index contributed by atoms with van der Waals surface area (Å²) in [5, 5.41) is 6.61. The molecule has 0 aliphatic carbocycles. The summed E-state index contributed by atoms with van der Waals surface area (Å²) in [5.41, 5.74) is -0.544. The first kappa shape index (κ1) is 20.7. The van der Waals surface area contributed by atoms with Crippen LogP contribution in [-0.2, 0) is 15.6 Å². The second-order valence-electron chi connectivity index (χ2n) is 8.52. The molecule has 0 bridgehead atoms. The molecule has 0 aliphatic heterocycles. The van der Waals surface area contributed by atoms with Gasteiger partial charge in [0.15, 0.2) is 14.1 Å². The molecule has 1 rings (SSSR count). The van der Waals surface area contributed by atoms with E-state index < -0.39 is 20.0 Å². The number of carbonyl (C=O) groups excluding carboxylic acids is 1. The number of nitrogens with zero attached hydrogens (tertiary/aromatic N) is 1. The van der Waals surface area contributed by atoms with Crippen molar-refractivity contribution >= 4 is 20.2 Å². The van der Waals surface area contributed by atoms with Crippen molar-refractivity contribution in [2.45, 2.75) is 78.1 Å². The highest BCUT2D eigenvalue weighted by Gasteiger charge is 2.36. The molecule has 0 saturated carbocycles. The van der Waals surface area contributed by atoms with Crippen LogP contribution in [0.3, 0.4) is 0 Å². The van der Waals surface area contributed by atoms with Gasteiger partial charge in [0.1, 0.15) is 11.4 Å². The van der Waals surface area contributed by atoms with Gasteiger partial charge in [-0.05, 0) is 45.3 Å². The number of hydrogen-bond donors (Lipinski definition) is 1.